The smallest absolute Gasteiger partial charge is 0.141 e. The molecule has 1 saturated heterocycles. The van der Waals surface area contributed by atoms with Crippen LogP contribution >= 0.6 is 0 Å². The summed E-state index contributed by atoms with van der Waals surface area (Å²) in [4.78, 5) is 2.41. The standard InChI is InChI=1S/C14H22N4O/c1-11(10-14(15)17-19)16-12-4-6-13(7-5-12)18-8-2-3-9-18/h4-7,11,16,19H,2-3,8-10H2,1H3,(H2,15,17). The van der Waals surface area contributed by atoms with Crippen LogP contribution in [0.3, 0.4) is 0 Å². The van der Waals surface area contributed by atoms with Gasteiger partial charge in [0.25, 0.3) is 0 Å². The second-order valence-electron chi connectivity index (χ2n) is 5.08. The van der Waals surface area contributed by atoms with Crippen LogP contribution in [-0.4, -0.2) is 30.2 Å². The monoisotopic (exact) mass is 262 g/mol. The van der Waals surface area contributed by atoms with Crippen molar-refractivity contribution in [3.8, 4) is 0 Å². The second kappa shape index (κ2) is 6.31. The molecule has 5 nitrogen and oxygen atoms in total. The van der Waals surface area contributed by atoms with Gasteiger partial charge in [0, 0.05) is 36.9 Å². The van der Waals surface area contributed by atoms with Crippen LogP contribution in [0.2, 0.25) is 0 Å². The molecule has 5 heteroatoms. The van der Waals surface area contributed by atoms with Gasteiger partial charge in [-0.1, -0.05) is 5.16 Å². The molecule has 1 aliphatic heterocycles. The average Bonchev–Trinajstić information content (AvgIpc) is 2.93. The number of amidine groups is 1. The fourth-order valence-corrected chi connectivity index (χ4v) is 2.43. The van der Waals surface area contributed by atoms with E-state index in [1.807, 2.05) is 6.92 Å². The number of nitrogens with two attached hydrogens (primary N) is 1. The molecule has 2 rings (SSSR count). The maximum absolute atomic E-state index is 8.54. The van der Waals surface area contributed by atoms with Gasteiger partial charge in [0.1, 0.15) is 5.84 Å². The number of rotatable bonds is 5. The number of hydrogen-bond donors (Lipinski definition) is 3. The molecule has 0 spiro atoms. The molecule has 1 atom stereocenters. The van der Waals surface area contributed by atoms with Crippen LogP contribution in [-0.2, 0) is 0 Å². The van der Waals surface area contributed by atoms with Crippen molar-refractivity contribution < 1.29 is 5.21 Å². The molecule has 0 aromatic heterocycles. The first-order valence-corrected chi connectivity index (χ1v) is 6.77. The number of anilines is 2. The number of hydrogen-bond acceptors (Lipinski definition) is 4. The van der Waals surface area contributed by atoms with Crippen molar-refractivity contribution in [2.24, 2.45) is 10.9 Å². The summed E-state index contributed by atoms with van der Waals surface area (Å²) in [5.74, 6) is 0.244. The Kier molecular flexibility index (Phi) is 4.49. The highest BCUT2D eigenvalue weighted by molar-refractivity contribution is 5.80. The largest absolute Gasteiger partial charge is 0.409 e. The number of benzene rings is 1. The van der Waals surface area contributed by atoms with E-state index >= 15 is 0 Å². The Labute approximate surface area is 114 Å². The fraction of sp³-hybridized carbons (Fsp3) is 0.500. The van der Waals surface area contributed by atoms with Crippen LogP contribution in [0.4, 0.5) is 11.4 Å². The van der Waals surface area contributed by atoms with Crippen molar-refractivity contribution >= 4 is 17.2 Å². The molecule has 4 N–H and O–H groups in total. The van der Waals surface area contributed by atoms with Gasteiger partial charge in [-0.05, 0) is 44.0 Å². The van der Waals surface area contributed by atoms with Crippen molar-refractivity contribution in [1.29, 1.82) is 0 Å². The van der Waals surface area contributed by atoms with E-state index in [9.17, 15) is 0 Å². The number of nitrogens with zero attached hydrogens (tertiary/aromatic N) is 2. The van der Waals surface area contributed by atoms with Crippen LogP contribution in [0.5, 0.6) is 0 Å². The van der Waals surface area contributed by atoms with E-state index in [2.05, 4.69) is 39.6 Å². The van der Waals surface area contributed by atoms with Gasteiger partial charge in [0.15, 0.2) is 0 Å². The third-order valence-corrected chi connectivity index (χ3v) is 3.40. The maximum Gasteiger partial charge on any atom is 0.141 e. The summed E-state index contributed by atoms with van der Waals surface area (Å²) in [6, 6.07) is 8.58. The second-order valence-corrected chi connectivity index (χ2v) is 5.08. The zero-order valence-electron chi connectivity index (χ0n) is 11.3. The van der Waals surface area contributed by atoms with E-state index in [-0.39, 0.29) is 11.9 Å². The number of oxime groups is 1. The zero-order chi connectivity index (χ0) is 13.7. The van der Waals surface area contributed by atoms with Gasteiger partial charge in [0.2, 0.25) is 0 Å². The van der Waals surface area contributed by atoms with Crippen molar-refractivity contribution in [3.63, 3.8) is 0 Å². The molecule has 0 aliphatic carbocycles. The molecule has 0 bridgehead atoms. The van der Waals surface area contributed by atoms with Gasteiger partial charge in [-0.2, -0.15) is 0 Å². The third kappa shape index (κ3) is 3.77. The maximum atomic E-state index is 8.54. The van der Waals surface area contributed by atoms with E-state index in [0.29, 0.717) is 6.42 Å². The minimum Gasteiger partial charge on any atom is -0.409 e. The number of nitrogens with one attached hydrogen (secondary N) is 1. The first-order chi connectivity index (χ1) is 9.19. The van der Waals surface area contributed by atoms with E-state index in [0.717, 1.165) is 18.8 Å². The van der Waals surface area contributed by atoms with E-state index in [1.165, 1.54) is 18.5 Å². The Hall–Kier alpha value is -1.91. The van der Waals surface area contributed by atoms with Crippen LogP contribution in [0.1, 0.15) is 26.2 Å². The van der Waals surface area contributed by atoms with E-state index < -0.39 is 0 Å². The lowest BCUT2D eigenvalue weighted by atomic mass is 10.2. The lowest BCUT2D eigenvalue weighted by Crippen LogP contribution is -2.24. The Morgan fingerprint density at radius 1 is 1.37 bits per heavy atom. The highest BCUT2D eigenvalue weighted by Gasteiger charge is 2.12. The van der Waals surface area contributed by atoms with Crippen LogP contribution in [0, 0.1) is 0 Å². The molecule has 0 amide bonds. The predicted molar refractivity (Wildman–Crippen MR) is 79.0 cm³/mol. The van der Waals surface area contributed by atoms with Crippen molar-refractivity contribution in [2.45, 2.75) is 32.2 Å². The Morgan fingerprint density at radius 2 is 2.00 bits per heavy atom. The van der Waals surface area contributed by atoms with Gasteiger partial charge in [0.05, 0.1) is 0 Å². The first kappa shape index (κ1) is 13.5. The molecule has 1 fully saturated rings. The first-order valence-electron chi connectivity index (χ1n) is 6.77. The van der Waals surface area contributed by atoms with Crippen LogP contribution in [0.25, 0.3) is 0 Å². The summed E-state index contributed by atoms with van der Waals surface area (Å²) in [7, 11) is 0. The molecule has 1 aromatic rings. The van der Waals surface area contributed by atoms with E-state index in [4.69, 9.17) is 10.9 Å². The van der Waals surface area contributed by atoms with Gasteiger partial charge in [-0.25, -0.2) is 0 Å². The highest BCUT2D eigenvalue weighted by atomic mass is 16.4. The summed E-state index contributed by atoms with van der Waals surface area (Å²) >= 11 is 0. The normalized spacial score (nSPS) is 17.5. The summed E-state index contributed by atoms with van der Waals surface area (Å²) < 4.78 is 0. The summed E-state index contributed by atoms with van der Waals surface area (Å²) in [6.45, 7) is 4.33. The molecular weight excluding hydrogens is 240 g/mol. The zero-order valence-corrected chi connectivity index (χ0v) is 11.3. The van der Waals surface area contributed by atoms with Gasteiger partial charge in [-0.3, -0.25) is 0 Å². The lowest BCUT2D eigenvalue weighted by molar-refractivity contribution is 0.316. The van der Waals surface area contributed by atoms with Crippen molar-refractivity contribution in [3.05, 3.63) is 24.3 Å². The lowest BCUT2D eigenvalue weighted by Gasteiger charge is -2.19. The molecule has 1 aliphatic rings. The fourth-order valence-electron chi connectivity index (χ4n) is 2.43. The Morgan fingerprint density at radius 3 is 2.58 bits per heavy atom. The van der Waals surface area contributed by atoms with E-state index in [1.54, 1.807) is 0 Å². The van der Waals surface area contributed by atoms with Crippen molar-refractivity contribution in [2.75, 3.05) is 23.3 Å². The summed E-state index contributed by atoms with van der Waals surface area (Å²) in [5, 5.41) is 14.9. The minimum atomic E-state index is 0.133. The molecule has 19 heavy (non-hydrogen) atoms. The van der Waals surface area contributed by atoms with Crippen molar-refractivity contribution in [1.82, 2.24) is 0 Å². The molecule has 1 heterocycles. The minimum absolute atomic E-state index is 0.133. The summed E-state index contributed by atoms with van der Waals surface area (Å²) in [5.41, 5.74) is 7.83. The molecule has 0 saturated carbocycles. The highest BCUT2D eigenvalue weighted by Crippen LogP contribution is 2.22. The molecule has 1 unspecified atom stereocenters. The SMILES string of the molecule is CC(CC(N)=NO)Nc1ccc(N2CCCC2)cc1. The van der Waals surface area contributed by atoms with Gasteiger partial charge < -0.3 is 21.2 Å². The summed E-state index contributed by atoms with van der Waals surface area (Å²) in [6.07, 6.45) is 3.10. The van der Waals surface area contributed by atoms with Gasteiger partial charge in [-0.15, -0.1) is 0 Å². The van der Waals surface area contributed by atoms with Gasteiger partial charge >= 0.3 is 0 Å². The molecule has 104 valence electrons. The Bertz CT molecular complexity index is 424. The van der Waals surface area contributed by atoms with Crippen LogP contribution < -0.4 is 16.0 Å². The topological polar surface area (TPSA) is 73.9 Å². The molecular formula is C14H22N4O. The predicted octanol–water partition coefficient (Wildman–Crippen LogP) is 2.22. The Balaban J connectivity index is 1.91. The third-order valence-electron chi connectivity index (χ3n) is 3.40. The quantitative estimate of drug-likeness (QED) is 0.329. The molecule has 0 radical (unpaired) electrons. The van der Waals surface area contributed by atoms with Crippen LogP contribution in [0.15, 0.2) is 29.4 Å². The molecule has 1 aromatic carbocycles. The average molecular weight is 262 g/mol.